The van der Waals surface area contributed by atoms with Gasteiger partial charge < -0.3 is 10.6 Å². The molecule has 0 aliphatic heterocycles. The Morgan fingerprint density at radius 3 is 3.00 bits per heavy atom. The standard InChI is InChI=1S/C7H10ClN3OS/c1-9-2-3-10-7(12)5-6(8)11-4-13-5/h4,9H,2-3H2,1H3,(H,10,12). The first kappa shape index (κ1) is 10.4. The Kier molecular flexibility index (Phi) is 4.14. The van der Waals surface area contributed by atoms with Crippen LogP contribution in [0.15, 0.2) is 5.51 Å². The van der Waals surface area contributed by atoms with Crippen LogP contribution >= 0.6 is 22.9 Å². The average Bonchev–Trinajstić information content (AvgIpc) is 2.52. The zero-order valence-electron chi connectivity index (χ0n) is 7.13. The third-order valence-corrected chi connectivity index (χ3v) is 2.61. The highest BCUT2D eigenvalue weighted by molar-refractivity contribution is 7.12. The first-order valence-corrected chi connectivity index (χ1v) is 5.03. The number of halogens is 1. The Morgan fingerprint density at radius 1 is 1.69 bits per heavy atom. The number of rotatable bonds is 4. The molecule has 0 bridgehead atoms. The predicted octanol–water partition coefficient (Wildman–Crippen LogP) is 0.746. The van der Waals surface area contributed by atoms with Gasteiger partial charge in [0.05, 0.1) is 5.51 Å². The quantitative estimate of drug-likeness (QED) is 0.735. The molecule has 0 fully saturated rings. The second kappa shape index (κ2) is 5.16. The van der Waals surface area contributed by atoms with Crippen molar-refractivity contribution in [3.05, 3.63) is 15.5 Å². The monoisotopic (exact) mass is 219 g/mol. The van der Waals surface area contributed by atoms with Gasteiger partial charge in [0.2, 0.25) is 0 Å². The topological polar surface area (TPSA) is 54.0 Å². The summed E-state index contributed by atoms with van der Waals surface area (Å²) in [4.78, 5) is 15.6. The van der Waals surface area contributed by atoms with E-state index in [-0.39, 0.29) is 11.1 Å². The minimum Gasteiger partial charge on any atom is -0.350 e. The highest BCUT2D eigenvalue weighted by Crippen LogP contribution is 2.17. The summed E-state index contributed by atoms with van der Waals surface area (Å²) in [6.07, 6.45) is 0. The van der Waals surface area contributed by atoms with Crippen molar-refractivity contribution in [2.45, 2.75) is 0 Å². The third-order valence-electron chi connectivity index (χ3n) is 1.39. The normalized spacial score (nSPS) is 10.0. The van der Waals surface area contributed by atoms with Gasteiger partial charge in [0.15, 0.2) is 5.15 Å². The zero-order chi connectivity index (χ0) is 9.68. The molecule has 4 nitrogen and oxygen atoms in total. The van der Waals surface area contributed by atoms with Crippen molar-refractivity contribution < 1.29 is 4.79 Å². The van der Waals surface area contributed by atoms with Crippen LogP contribution in [0.2, 0.25) is 5.15 Å². The van der Waals surface area contributed by atoms with Crippen molar-refractivity contribution in [2.75, 3.05) is 20.1 Å². The number of hydrogen-bond acceptors (Lipinski definition) is 4. The Morgan fingerprint density at radius 2 is 2.46 bits per heavy atom. The first-order valence-electron chi connectivity index (χ1n) is 3.77. The van der Waals surface area contributed by atoms with Gasteiger partial charge in [-0.05, 0) is 7.05 Å². The maximum absolute atomic E-state index is 11.3. The number of hydrogen-bond donors (Lipinski definition) is 2. The van der Waals surface area contributed by atoms with E-state index in [0.717, 1.165) is 6.54 Å². The molecule has 0 radical (unpaired) electrons. The molecule has 0 saturated heterocycles. The number of carbonyl (C=O) groups is 1. The lowest BCUT2D eigenvalue weighted by molar-refractivity contribution is 0.0958. The van der Waals surface area contributed by atoms with Crippen LogP contribution in [0.1, 0.15) is 9.67 Å². The highest BCUT2D eigenvalue weighted by atomic mass is 35.5. The molecular weight excluding hydrogens is 210 g/mol. The number of likely N-dealkylation sites (N-methyl/N-ethyl adjacent to an activating group) is 1. The second-order valence-electron chi connectivity index (χ2n) is 2.33. The SMILES string of the molecule is CNCCNC(=O)c1scnc1Cl. The van der Waals surface area contributed by atoms with Crippen LogP contribution < -0.4 is 10.6 Å². The van der Waals surface area contributed by atoms with Crippen molar-refractivity contribution in [3.63, 3.8) is 0 Å². The van der Waals surface area contributed by atoms with E-state index in [2.05, 4.69) is 15.6 Å². The maximum Gasteiger partial charge on any atom is 0.264 e. The van der Waals surface area contributed by atoms with E-state index in [9.17, 15) is 4.79 Å². The molecule has 0 aromatic carbocycles. The lowest BCUT2D eigenvalue weighted by Gasteiger charge is -2.01. The largest absolute Gasteiger partial charge is 0.350 e. The van der Waals surface area contributed by atoms with Crippen molar-refractivity contribution in [3.8, 4) is 0 Å². The number of carbonyl (C=O) groups excluding carboxylic acids is 1. The summed E-state index contributed by atoms with van der Waals surface area (Å²) >= 11 is 6.91. The summed E-state index contributed by atoms with van der Waals surface area (Å²) < 4.78 is 0. The summed E-state index contributed by atoms with van der Waals surface area (Å²) in [5, 5.41) is 5.90. The molecule has 13 heavy (non-hydrogen) atoms. The molecule has 0 saturated carbocycles. The van der Waals surface area contributed by atoms with Crippen LogP contribution in [-0.2, 0) is 0 Å². The molecule has 1 amide bonds. The fourth-order valence-electron chi connectivity index (χ4n) is 0.761. The number of nitrogens with zero attached hydrogens (tertiary/aromatic N) is 1. The highest BCUT2D eigenvalue weighted by Gasteiger charge is 2.11. The van der Waals surface area contributed by atoms with E-state index in [1.54, 1.807) is 5.51 Å². The lowest BCUT2D eigenvalue weighted by Crippen LogP contribution is -2.30. The van der Waals surface area contributed by atoms with Gasteiger partial charge in [-0.2, -0.15) is 0 Å². The maximum atomic E-state index is 11.3. The van der Waals surface area contributed by atoms with Crippen LogP contribution in [0.5, 0.6) is 0 Å². The minimum absolute atomic E-state index is 0.164. The van der Waals surface area contributed by atoms with Crippen molar-refractivity contribution in [2.24, 2.45) is 0 Å². The molecule has 1 aromatic rings. The molecule has 0 aliphatic rings. The molecule has 6 heteroatoms. The summed E-state index contributed by atoms with van der Waals surface area (Å²) in [7, 11) is 1.83. The minimum atomic E-state index is -0.164. The Hall–Kier alpha value is -0.650. The van der Waals surface area contributed by atoms with E-state index in [1.165, 1.54) is 11.3 Å². The molecule has 1 rings (SSSR count). The van der Waals surface area contributed by atoms with Gasteiger partial charge in [-0.15, -0.1) is 11.3 Å². The molecule has 0 spiro atoms. The molecule has 1 heterocycles. The lowest BCUT2D eigenvalue weighted by atomic mass is 10.5. The average molecular weight is 220 g/mol. The zero-order valence-corrected chi connectivity index (χ0v) is 8.71. The predicted molar refractivity (Wildman–Crippen MR) is 53.4 cm³/mol. The second-order valence-corrected chi connectivity index (χ2v) is 3.54. The van der Waals surface area contributed by atoms with Crippen LogP contribution in [0, 0.1) is 0 Å². The van der Waals surface area contributed by atoms with Crippen molar-refractivity contribution in [1.82, 2.24) is 15.6 Å². The summed E-state index contributed by atoms with van der Waals surface area (Å²) in [6, 6.07) is 0. The smallest absolute Gasteiger partial charge is 0.264 e. The fourth-order valence-corrected chi connectivity index (χ4v) is 1.68. The molecule has 0 unspecified atom stereocenters. The fraction of sp³-hybridized carbons (Fsp3) is 0.429. The van der Waals surface area contributed by atoms with Gasteiger partial charge >= 0.3 is 0 Å². The molecule has 0 aliphatic carbocycles. The van der Waals surface area contributed by atoms with Crippen molar-refractivity contribution >= 4 is 28.8 Å². The van der Waals surface area contributed by atoms with Crippen molar-refractivity contribution in [1.29, 1.82) is 0 Å². The number of nitrogens with one attached hydrogen (secondary N) is 2. The van der Waals surface area contributed by atoms with Crippen LogP contribution in [0.4, 0.5) is 0 Å². The van der Waals surface area contributed by atoms with E-state index in [0.29, 0.717) is 11.4 Å². The van der Waals surface area contributed by atoms with Gasteiger partial charge in [-0.25, -0.2) is 4.98 Å². The van der Waals surface area contributed by atoms with Gasteiger partial charge in [-0.1, -0.05) is 11.6 Å². The summed E-state index contributed by atoms with van der Waals surface area (Å²) in [5.41, 5.74) is 1.55. The van der Waals surface area contributed by atoms with Crippen LogP contribution in [-0.4, -0.2) is 31.0 Å². The third kappa shape index (κ3) is 2.95. The van der Waals surface area contributed by atoms with Crippen LogP contribution in [0.3, 0.4) is 0 Å². The molecular formula is C7H10ClN3OS. The van der Waals surface area contributed by atoms with E-state index >= 15 is 0 Å². The summed E-state index contributed by atoms with van der Waals surface area (Å²) in [5.74, 6) is -0.164. The molecule has 0 atom stereocenters. The van der Waals surface area contributed by atoms with E-state index in [4.69, 9.17) is 11.6 Å². The van der Waals surface area contributed by atoms with Gasteiger partial charge in [0, 0.05) is 13.1 Å². The van der Waals surface area contributed by atoms with Gasteiger partial charge in [0.25, 0.3) is 5.91 Å². The van der Waals surface area contributed by atoms with Gasteiger partial charge in [-0.3, -0.25) is 4.79 Å². The summed E-state index contributed by atoms with van der Waals surface area (Å²) in [6.45, 7) is 1.33. The van der Waals surface area contributed by atoms with E-state index < -0.39 is 0 Å². The molecule has 2 N–H and O–H groups in total. The van der Waals surface area contributed by atoms with Crippen LogP contribution in [0.25, 0.3) is 0 Å². The Bertz CT molecular complexity index is 289. The van der Waals surface area contributed by atoms with Gasteiger partial charge in [0.1, 0.15) is 4.88 Å². The van der Waals surface area contributed by atoms with E-state index in [1.807, 2.05) is 7.05 Å². The molecule has 1 aromatic heterocycles. The number of aromatic nitrogens is 1. The number of amides is 1. The molecule has 72 valence electrons. The Labute approximate surface area is 85.3 Å². The number of thiazole rings is 1. The first-order chi connectivity index (χ1) is 6.25. The Balaban J connectivity index is 2.45.